The first-order valence-corrected chi connectivity index (χ1v) is 8.57. The van der Waals surface area contributed by atoms with E-state index < -0.39 is 0 Å². The minimum absolute atomic E-state index is 0.350. The van der Waals surface area contributed by atoms with Crippen molar-refractivity contribution in [3.05, 3.63) is 35.4 Å². The fraction of sp³-hybridized carbons (Fsp3) is 0.684. The van der Waals surface area contributed by atoms with Gasteiger partial charge < -0.3 is 5.32 Å². The van der Waals surface area contributed by atoms with Gasteiger partial charge in [-0.3, -0.25) is 4.90 Å². The predicted molar refractivity (Wildman–Crippen MR) is 89.8 cm³/mol. The van der Waals surface area contributed by atoms with E-state index in [1.165, 1.54) is 38.9 Å². The molecule has 0 radical (unpaired) electrons. The molecule has 0 spiro atoms. The van der Waals surface area contributed by atoms with E-state index in [1.54, 1.807) is 11.1 Å². The quantitative estimate of drug-likeness (QED) is 0.896. The van der Waals surface area contributed by atoms with Crippen LogP contribution in [0.25, 0.3) is 0 Å². The lowest BCUT2D eigenvalue weighted by atomic mass is 9.81. The summed E-state index contributed by atoms with van der Waals surface area (Å²) in [6, 6.07) is 9.72. The summed E-state index contributed by atoms with van der Waals surface area (Å²) in [5, 5.41) is 3.70. The van der Waals surface area contributed by atoms with Crippen LogP contribution in [0.3, 0.4) is 0 Å². The van der Waals surface area contributed by atoms with Gasteiger partial charge in [0.2, 0.25) is 0 Å². The molecule has 0 saturated carbocycles. The maximum Gasteiger partial charge on any atom is 0.0244 e. The van der Waals surface area contributed by atoms with Gasteiger partial charge in [-0.15, -0.1) is 0 Å². The highest BCUT2D eigenvalue weighted by molar-refractivity contribution is 5.32. The lowest BCUT2D eigenvalue weighted by Gasteiger charge is -2.42. The Hall–Kier alpha value is -0.860. The Bertz CT molecular complexity index is 475. The van der Waals surface area contributed by atoms with Gasteiger partial charge in [0.15, 0.2) is 0 Å². The zero-order valence-corrected chi connectivity index (χ0v) is 13.9. The van der Waals surface area contributed by atoms with Crippen molar-refractivity contribution in [2.45, 2.75) is 52.0 Å². The molecule has 1 N–H and O–H groups in total. The van der Waals surface area contributed by atoms with Gasteiger partial charge in [0.05, 0.1) is 0 Å². The second-order valence-corrected chi connectivity index (χ2v) is 7.92. The first kappa shape index (κ1) is 15.1. The SMILES string of the molecule is CC(C)(C)C1CN(CC2CCCc3ccccc32)CCN1. The lowest BCUT2D eigenvalue weighted by Crippen LogP contribution is -2.56. The van der Waals surface area contributed by atoms with Crippen LogP contribution in [0.4, 0.5) is 0 Å². The standard InChI is InChI=1S/C19H30N2/c1-19(2,3)18-14-21(12-11-20-18)13-16-9-6-8-15-7-4-5-10-17(15)16/h4-5,7,10,16,18,20H,6,8-9,11-14H2,1-3H3. The van der Waals surface area contributed by atoms with E-state index >= 15 is 0 Å². The number of piperazine rings is 1. The van der Waals surface area contributed by atoms with Gasteiger partial charge in [-0.25, -0.2) is 0 Å². The third kappa shape index (κ3) is 3.49. The van der Waals surface area contributed by atoms with E-state index in [0.29, 0.717) is 11.5 Å². The van der Waals surface area contributed by atoms with Crippen LogP contribution < -0.4 is 5.32 Å². The van der Waals surface area contributed by atoms with Crippen LogP contribution in [-0.2, 0) is 6.42 Å². The molecule has 2 nitrogen and oxygen atoms in total. The van der Waals surface area contributed by atoms with Crippen molar-refractivity contribution in [2.24, 2.45) is 5.41 Å². The lowest BCUT2D eigenvalue weighted by molar-refractivity contribution is 0.126. The van der Waals surface area contributed by atoms with E-state index in [-0.39, 0.29) is 0 Å². The second-order valence-electron chi connectivity index (χ2n) is 7.92. The average Bonchev–Trinajstić information content (AvgIpc) is 2.47. The van der Waals surface area contributed by atoms with Crippen molar-refractivity contribution >= 4 is 0 Å². The Morgan fingerprint density at radius 2 is 2.05 bits per heavy atom. The minimum atomic E-state index is 0.350. The Kier molecular flexibility index (Phi) is 4.37. The van der Waals surface area contributed by atoms with Gasteiger partial charge in [-0.05, 0) is 41.7 Å². The van der Waals surface area contributed by atoms with Crippen molar-refractivity contribution in [1.82, 2.24) is 10.2 Å². The van der Waals surface area contributed by atoms with Crippen LogP contribution in [0.15, 0.2) is 24.3 Å². The highest BCUT2D eigenvalue weighted by atomic mass is 15.2. The summed E-state index contributed by atoms with van der Waals surface area (Å²) in [6.45, 7) is 11.8. The average molecular weight is 286 g/mol. The second kappa shape index (κ2) is 6.10. The molecule has 1 aliphatic carbocycles. The Labute approximate surface area is 129 Å². The van der Waals surface area contributed by atoms with E-state index in [1.807, 2.05) is 0 Å². The monoisotopic (exact) mass is 286 g/mol. The van der Waals surface area contributed by atoms with Crippen LogP contribution in [0.2, 0.25) is 0 Å². The van der Waals surface area contributed by atoms with Gasteiger partial charge in [0, 0.05) is 32.2 Å². The first-order chi connectivity index (χ1) is 10.0. The number of benzene rings is 1. The molecule has 0 amide bonds. The zero-order chi connectivity index (χ0) is 14.9. The number of nitrogens with zero attached hydrogens (tertiary/aromatic N) is 1. The van der Waals surface area contributed by atoms with Gasteiger partial charge in [-0.1, -0.05) is 45.0 Å². The van der Waals surface area contributed by atoms with Gasteiger partial charge in [-0.2, -0.15) is 0 Å². The largest absolute Gasteiger partial charge is 0.311 e. The molecule has 21 heavy (non-hydrogen) atoms. The van der Waals surface area contributed by atoms with Crippen LogP contribution in [0.5, 0.6) is 0 Å². The Morgan fingerprint density at radius 3 is 2.86 bits per heavy atom. The molecule has 1 heterocycles. The molecule has 2 heteroatoms. The van der Waals surface area contributed by atoms with Crippen molar-refractivity contribution in [3.8, 4) is 0 Å². The smallest absolute Gasteiger partial charge is 0.0244 e. The van der Waals surface area contributed by atoms with E-state index in [9.17, 15) is 0 Å². The highest BCUT2D eigenvalue weighted by Crippen LogP contribution is 2.32. The summed E-state index contributed by atoms with van der Waals surface area (Å²) < 4.78 is 0. The molecule has 0 bridgehead atoms. The molecule has 1 aromatic rings. The van der Waals surface area contributed by atoms with E-state index in [4.69, 9.17) is 0 Å². The number of hydrogen-bond acceptors (Lipinski definition) is 2. The number of hydrogen-bond donors (Lipinski definition) is 1. The fourth-order valence-corrected chi connectivity index (χ4v) is 3.91. The summed E-state index contributed by atoms with van der Waals surface area (Å²) in [7, 11) is 0. The predicted octanol–water partition coefficient (Wildman–Crippen LogP) is 3.43. The first-order valence-electron chi connectivity index (χ1n) is 8.57. The molecular weight excluding hydrogens is 256 g/mol. The molecule has 2 atom stereocenters. The van der Waals surface area contributed by atoms with Crippen LogP contribution >= 0.6 is 0 Å². The summed E-state index contributed by atoms with van der Waals surface area (Å²) in [5.41, 5.74) is 3.56. The van der Waals surface area contributed by atoms with Crippen molar-refractivity contribution in [2.75, 3.05) is 26.2 Å². The van der Waals surface area contributed by atoms with Gasteiger partial charge in [0.25, 0.3) is 0 Å². The highest BCUT2D eigenvalue weighted by Gasteiger charge is 2.31. The van der Waals surface area contributed by atoms with Gasteiger partial charge in [0.1, 0.15) is 0 Å². The van der Waals surface area contributed by atoms with E-state index in [2.05, 4.69) is 55.3 Å². The molecule has 1 aliphatic heterocycles. The molecule has 2 aliphatic rings. The number of nitrogens with one attached hydrogen (secondary N) is 1. The molecule has 1 fully saturated rings. The Morgan fingerprint density at radius 1 is 1.24 bits per heavy atom. The van der Waals surface area contributed by atoms with Crippen molar-refractivity contribution < 1.29 is 0 Å². The number of aryl methyl sites for hydroxylation is 1. The number of rotatable bonds is 2. The van der Waals surface area contributed by atoms with Crippen LogP contribution in [0, 0.1) is 5.41 Å². The summed E-state index contributed by atoms with van der Waals surface area (Å²) >= 11 is 0. The molecule has 1 aromatic carbocycles. The van der Waals surface area contributed by atoms with Crippen molar-refractivity contribution in [3.63, 3.8) is 0 Å². The maximum atomic E-state index is 3.70. The molecule has 1 saturated heterocycles. The molecule has 116 valence electrons. The topological polar surface area (TPSA) is 15.3 Å². The summed E-state index contributed by atoms with van der Waals surface area (Å²) in [4.78, 5) is 2.69. The number of fused-ring (bicyclic) bond motifs is 1. The third-order valence-electron chi connectivity index (χ3n) is 5.28. The third-order valence-corrected chi connectivity index (χ3v) is 5.28. The molecule has 2 unspecified atom stereocenters. The fourth-order valence-electron chi connectivity index (χ4n) is 3.91. The van der Waals surface area contributed by atoms with Crippen LogP contribution in [0.1, 0.15) is 50.7 Å². The van der Waals surface area contributed by atoms with Gasteiger partial charge >= 0.3 is 0 Å². The normalized spacial score (nSPS) is 27.4. The Balaban J connectivity index is 1.67. The van der Waals surface area contributed by atoms with E-state index in [0.717, 1.165) is 12.5 Å². The minimum Gasteiger partial charge on any atom is -0.311 e. The van der Waals surface area contributed by atoms with Crippen LogP contribution in [-0.4, -0.2) is 37.1 Å². The summed E-state index contributed by atoms with van der Waals surface area (Å²) in [6.07, 6.45) is 4.00. The van der Waals surface area contributed by atoms with Crippen molar-refractivity contribution in [1.29, 1.82) is 0 Å². The molecule has 3 rings (SSSR count). The maximum absolute atomic E-state index is 3.70. The molecule has 0 aromatic heterocycles. The summed E-state index contributed by atoms with van der Waals surface area (Å²) in [5.74, 6) is 0.744. The zero-order valence-electron chi connectivity index (χ0n) is 13.9. The molecular formula is C19H30N2.